The van der Waals surface area contributed by atoms with E-state index in [1.807, 2.05) is 0 Å². The number of allylic oxidation sites excluding steroid dienone is 1. The highest BCUT2D eigenvalue weighted by atomic mass is 14.9. The molecular weight excluding hydrogens is 266 g/mol. The minimum Gasteiger partial charge on any atom is -0.384 e. The van der Waals surface area contributed by atoms with Crippen molar-refractivity contribution < 1.29 is 0 Å². The van der Waals surface area contributed by atoms with Crippen molar-refractivity contribution in [2.75, 3.05) is 0 Å². The summed E-state index contributed by atoms with van der Waals surface area (Å²) in [5, 5.41) is 3.60. The maximum absolute atomic E-state index is 3.60. The van der Waals surface area contributed by atoms with Crippen molar-refractivity contribution in [1.82, 2.24) is 5.32 Å². The van der Waals surface area contributed by atoms with Gasteiger partial charge in [-0.1, -0.05) is 69.3 Å². The average molecular weight is 291 g/mol. The molecule has 0 aromatic heterocycles. The van der Waals surface area contributed by atoms with Gasteiger partial charge in [-0.05, 0) is 46.6 Å². The molecule has 1 nitrogen and oxygen atoms in total. The van der Waals surface area contributed by atoms with Gasteiger partial charge in [0.2, 0.25) is 0 Å². The number of hydrogen-bond donors (Lipinski definition) is 1. The van der Waals surface area contributed by atoms with Gasteiger partial charge in [0, 0.05) is 12.2 Å². The van der Waals surface area contributed by atoms with E-state index in [0.717, 1.165) is 19.4 Å². The summed E-state index contributed by atoms with van der Waals surface area (Å²) in [6, 6.07) is 17.5. The zero-order valence-corrected chi connectivity index (χ0v) is 13.8. The van der Waals surface area contributed by atoms with Crippen LogP contribution in [0.25, 0.3) is 6.08 Å². The first kappa shape index (κ1) is 14.9. The van der Waals surface area contributed by atoms with Crippen molar-refractivity contribution >= 4 is 6.08 Å². The molecule has 1 heteroatoms. The van der Waals surface area contributed by atoms with Crippen LogP contribution < -0.4 is 5.32 Å². The number of rotatable bonds is 3. The number of aryl methyl sites for hydroxylation is 1. The second-order valence-corrected chi connectivity index (χ2v) is 7.17. The summed E-state index contributed by atoms with van der Waals surface area (Å²) in [5.41, 5.74) is 7.15. The quantitative estimate of drug-likeness (QED) is 0.833. The highest BCUT2D eigenvalue weighted by Gasteiger charge is 2.17. The lowest BCUT2D eigenvalue weighted by Crippen LogP contribution is -2.17. The van der Waals surface area contributed by atoms with Crippen molar-refractivity contribution in [2.45, 2.75) is 45.6 Å². The zero-order chi connectivity index (χ0) is 15.6. The molecule has 0 saturated carbocycles. The Labute approximate surface area is 134 Å². The molecule has 0 saturated heterocycles. The molecule has 0 spiro atoms. The minimum absolute atomic E-state index is 0.206. The molecule has 22 heavy (non-hydrogen) atoms. The Morgan fingerprint density at radius 3 is 2.45 bits per heavy atom. The lowest BCUT2D eigenvalue weighted by molar-refractivity contribution is 0.589. The summed E-state index contributed by atoms with van der Waals surface area (Å²) < 4.78 is 0. The molecule has 0 amide bonds. The lowest BCUT2D eigenvalue weighted by Gasteiger charge is -2.23. The standard InChI is InChI=1S/C21H25N/c1-21(2,3)19-11-9-17-10-12-20(14-18(17)13-19)22-15-16-7-5-4-6-8-16/h4-9,11,13-14,22H,10,12,15H2,1-3H3. The molecule has 1 N–H and O–H groups in total. The van der Waals surface area contributed by atoms with Crippen LogP contribution in [0.3, 0.4) is 0 Å². The number of hydrogen-bond acceptors (Lipinski definition) is 1. The van der Waals surface area contributed by atoms with Crippen LogP contribution in [0.4, 0.5) is 0 Å². The van der Waals surface area contributed by atoms with Crippen LogP contribution in [0.2, 0.25) is 0 Å². The van der Waals surface area contributed by atoms with E-state index in [2.05, 4.69) is 80.7 Å². The Morgan fingerprint density at radius 1 is 0.955 bits per heavy atom. The predicted octanol–water partition coefficient (Wildman–Crippen LogP) is 5.06. The van der Waals surface area contributed by atoms with E-state index >= 15 is 0 Å². The van der Waals surface area contributed by atoms with E-state index in [1.165, 1.54) is 28.0 Å². The molecule has 0 heterocycles. The summed E-state index contributed by atoms with van der Waals surface area (Å²) in [6.07, 6.45) is 4.57. The average Bonchev–Trinajstić information content (AvgIpc) is 2.52. The fourth-order valence-corrected chi connectivity index (χ4v) is 2.90. The van der Waals surface area contributed by atoms with E-state index < -0.39 is 0 Å². The van der Waals surface area contributed by atoms with Gasteiger partial charge in [-0.15, -0.1) is 0 Å². The summed E-state index contributed by atoms with van der Waals surface area (Å²) in [7, 11) is 0. The van der Waals surface area contributed by atoms with Gasteiger partial charge in [-0.25, -0.2) is 0 Å². The Balaban J connectivity index is 1.77. The zero-order valence-electron chi connectivity index (χ0n) is 13.8. The van der Waals surface area contributed by atoms with Crippen LogP contribution in [0.15, 0.2) is 54.2 Å². The SMILES string of the molecule is CC(C)(C)c1ccc2c(c1)C=C(NCc1ccccc1)CC2. The fraction of sp³-hybridized carbons (Fsp3) is 0.333. The largest absolute Gasteiger partial charge is 0.384 e. The molecule has 1 aliphatic rings. The van der Waals surface area contributed by atoms with Crippen LogP contribution in [0.1, 0.15) is 49.4 Å². The van der Waals surface area contributed by atoms with Crippen molar-refractivity contribution in [2.24, 2.45) is 0 Å². The first-order valence-electron chi connectivity index (χ1n) is 8.14. The van der Waals surface area contributed by atoms with Crippen molar-refractivity contribution in [3.8, 4) is 0 Å². The Bertz CT molecular complexity index is 675. The lowest BCUT2D eigenvalue weighted by atomic mass is 9.83. The fourth-order valence-electron chi connectivity index (χ4n) is 2.90. The van der Waals surface area contributed by atoms with Gasteiger partial charge in [0.1, 0.15) is 0 Å². The molecule has 1 aliphatic carbocycles. The molecule has 0 bridgehead atoms. The van der Waals surface area contributed by atoms with Gasteiger partial charge in [-0.3, -0.25) is 0 Å². The van der Waals surface area contributed by atoms with Gasteiger partial charge < -0.3 is 5.32 Å². The Hall–Kier alpha value is -2.02. The summed E-state index contributed by atoms with van der Waals surface area (Å²) in [5.74, 6) is 0. The third kappa shape index (κ3) is 3.41. The van der Waals surface area contributed by atoms with E-state index in [4.69, 9.17) is 0 Å². The van der Waals surface area contributed by atoms with Crippen molar-refractivity contribution in [3.63, 3.8) is 0 Å². The van der Waals surface area contributed by atoms with Gasteiger partial charge in [0.05, 0.1) is 0 Å². The molecule has 2 aromatic rings. The molecule has 0 unspecified atom stereocenters. The van der Waals surface area contributed by atoms with Crippen molar-refractivity contribution in [1.29, 1.82) is 0 Å². The van der Waals surface area contributed by atoms with Crippen LogP contribution in [0.5, 0.6) is 0 Å². The minimum atomic E-state index is 0.206. The molecule has 3 rings (SSSR count). The third-order valence-electron chi connectivity index (χ3n) is 4.37. The number of fused-ring (bicyclic) bond motifs is 1. The maximum atomic E-state index is 3.60. The van der Waals surface area contributed by atoms with E-state index in [1.54, 1.807) is 0 Å². The molecule has 114 valence electrons. The van der Waals surface area contributed by atoms with Gasteiger partial charge in [-0.2, -0.15) is 0 Å². The molecule has 0 radical (unpaired) electrons. The summed E-state index contributed by atoms with van der Waals surface area (Å²) in [6.45, 7) is 7.72. The maximum Gasteiger partial charge on any atom is 0.0397 e. The van der Waals surface area contributed by atoms with Crippen LogP contribution in [-0.4, -0.2) is 0 Å². The van der Waals surface area contributed by atoms with Crippen LogP contribution in [-0.2, 0) is 18.4 Å². The first-order valence-corrected chi connectivity index (χ1v) is 8.14. The van der Waals surface area contributed by atoms with Gasteiger partial charge in [0.15, 0.2) is 0 Å². The second kappa shape index (κ2) is 6.00. The summed E-state index contributed by atoms with van der Waals surface area (Å²) in [4.78, 5) is 0. The highest BCUT2D eigenvalue weighted by molar-refractivity contribution is 5.60. The number of nitrogens with one attached hydrogen (secondary N) is 1. The first-order chi connectivity index (χ1) is 10.5. The molecule has 0 atom stereocenters. The molecular formula is C21H25N. The summed E-state index contributed by atoms with van der Waals surface area (Å²) >= 11 is 0. The van der Waals surface area contributed by atoms with Crippen LogP contribution >= 0.6 is 0 Å². The predicted molar refractivity (Wildman–Crippen MR) is 94.7 cm³/mol. The molecule has 0 aliphatic heterocycles. The Kier molecular flexibility index (Phi) is 4.06. The van der Waals surface area contributed by atoms with Gasteiger partial charge in [0.25, 0.3) is 0 Å². The number of benzene rings is 2. The molecule has 2 aromatic carbocycles. The monoisotopic (exact) mass is 291 g/mol. The second-order valence-electron chi connectivity index (χ2n) is 7.17. The smallest absolute Gasteiger partial charge is 0.0397 e. The van der Waals surface area contributed by atoms with Gasteiger partial charge >= 0.3 is 0 Å². The highest BCUT2D eigenvalue weighted by Crippen LogP contribution is 2.29. The topological polar surface area (TPSA) is 12.0 Å². The van der Waals surface area contributed by atoms with E-state index in [-0.39, 0.29) is 5.41 Å². The Morgan fingerprint density at radius 2 is 1.73 bits per heavy atom. The van der Waals surface area contributed by atoms with E-state index in [0.29, 0.717) is 0 Å². The molecule has 0 fully saturated rings. The third-order valence-corrected chi connectivity index (χ3v) is 4.37. The van der Waals surface area contributed by atoms with Crippen molar-refractivity contribution in [3.05, 3.63) is 76.5 Å². The normalized spacial score (nSPS) is 14.2. The van der Waals surface area contributed by atoms with Crippen LogP contribution in [0, 0.1) is 0 Å². The van der Waals surface area contributed by atoms with E-state index in [9.17, 15) is 0 Å².